The summed E-state index contributed by atoms with van der Waals surface area (Å²) < 4.78 is 0. The molecule has 0 radical (unpaired) electrons. The fraction of sp³-hybridized carbons (Fsp3) is 0.0566. The van der Waals surface area contributed by atoms with Crippen molar-refractivity contribution in [3.05, 3.63) is 435 Å². The molecule has 0 aliphatic rings. The Hall–Kier alpha value is -14.7. The molecule has 0 aliphatic heterocycles. The van der Waals surface area contributed by atoms with Gasteiger partial charge in [-0.15, -0.1) is 0 Å². The molecule has 0 fully saturated rings. The molecule has 618 valence electrons. The van der Waals surface area contributed by atoms with E-state index in [1.165, 1.54) is 44.5 Å². The molecule has 0 bridgehead atoms. The smallest absolute Gasteiger partial charge is 0.0964 e. The van der Waals surface area contributed by atoms with E-state index in [9.17, 15) is 0 Å². The predicted molar refractivity (Wildman–Crippen MR) is 500 cm³/mol. The van der Waals surface area contributed by atoms with Crippen LogP contribution in [0.1, 0.15) is 44.5 Å². The standard InChI is InChI=1S/2C23H20N4.5C12H8N2.3Ru/c2*1-16-3-7-24-20(11-16)22-14-18(5-9-26-22)13-19-6-10-27-23(15-19)21-12-17(2)4-8-25-21;5*1-3-9-5-6-10-4-2-8-14-12(10)11(9)13-7-1;;;/h2*3-12,14-15H,13H2,1-2H3;5*1-8H;;;. The molecule has 18 aromatic heterocycles. The van der Waals surface area contributed by atoms with Crippen LogP contribution < -0.4 is 0 Å². The van der Waals surface area contributed by atoms with Gasteiger partial charge in [-0.1, -0.05) is 121 Å². The van der Waals surface area contributed by atoms with Gasteiger partial charge >= 0.3 is 0 Å². The van der Waals surface area contributed by atoms with Crippen LogP contribution in [0.25, 0.3) is 155 Å². The van der Waals surface area contributed by atoms with E-state index in [2.05, 4.69) is 287 Å². The molecule has 0 saturated heterocycles. The van der Waals surface area contributed by atoms with Crippen molar-refractivity contribution in [1.82, 2.24) is 89.7 Å². The van der Waals surface area contributed by atoms with Gasteiger partial charge in [0.05, 0.1) is 101 Å². The van der Waals surface area contributed by atoms with Crippen LogP contribution in [0, 0.1) is 27.7 Å². The minimum Gasteiger partial charge on any atom is -0.255 e. The summed E-state index contributed by atoms with van der Waals surface area (Å²) in [5.74, 6) is 0. The zero-order valence-electron chi connectivity index (χ0n) is 69.5. The Morgan fingerprint density at radius 2 is 0.276 bits per heavy atom. The maximum absolute atomic E-state index is 4.48. The first-order valence-corrected chi connectivity index (χ1v) is 40.5. The maximum Gasteiger partial charge on any atom is 0.0964 e. The van der Waals surface area contributed by atoms with Crippen LogP contribution >= 0.6 is 0 Å². The second-order valence-corrected chi connectivity index (χ2v) is 29.5. The molecule has 0 aliphatic carbocycles. The Balaban J connectivity index is 0.000000122. The largest absolute Gasteiger partial charge is 0.255 e. The fourth-order valence-corrected chi connectivity index (χ4v) is 14.5. The number of hydrogen-bond acceptors (Lipinski definition) is 18. The van der Waals surface area contributed by atoms with Crippen LogP contribution in [0.3, 0.4) is 0 Å². The number of aryl methyl sites for hydroxylation is 4. The van der Waals surface area contributed by atoms with Crippen molar-refractivity contribution < 1.29 is 58.4 Å². The second kappa shape index (κ2) is 43.1. The van der Waals surface area contributed by atoms with Gasteiger partial charge in [-0.3, -0.25) is 89.7 Å². The van der Waals surface area contributed by atoms with Gasteiger partial charge in [0.25, 0.3) is 0 Å². The quantitative estimate of drug-likeness (QED) is 0.102. The Labute approximate surface area is 772 Å². The predicted octanol–water partition coefficient (Wildman–Crippen LogP) is 23.5. The van der Waals surface area contributed by atoms with Gasteiger partial charge in [-0.05, 0) is 243 Å². The van der Waals surface area contributed by atoms with E-state index in [1.54, 1.807) is 62.0 Å². The molecule has 23 rings (SSSR count). The van der Waals surface area contributed by atoms with Gasteiger partial charge in [0, 0.05) is 224 Å². The fourth-order valence-electron chi connectivity index (χ4n) is 14.5. The molecule has 0 unspecified atom stereocenters. The third-order valence-corrected chi connectivity index (χ3v) is 20.5. The summed E-state index contributed by atoms with van der Waals surface area (Å²) in [6.07, 6.45) is 34.3. The third kappa shape index (κ3) is 22.3. The number of benzene rings is 5. The normalized spacial score (nSPS) is 10.6. The van der Waals surface area contributed by atoms with Crippen molar-refractivity contribution in [3.8, 4) is 45.6 Å². The summed E-state index contributed by atoms with van der Waals surface area (Å²) in [7, 11) is 0. The zero-order valence-corrected chi connectivity index (χ0v) is 74.7. The summed E-state index contributed by atoms with van der Waals surface area (Å²) in [5.41, 5.74) is 26.4. The summed E-state index contributed by atoms with van der Waals surface area (Å²) in [5, 5.41) is 11.4. The number of aromatic nitrogens is 18. The first kappa shape index (κ1) is 88.6. The topological polar surface area (TPSA) is 232 Å². The van der Waals surface area contributed by atoms with Gasteiger partial charge in [0.15, 0.2) is 0 Å². The molecule has 5 aromatic carbocycles. The SMILES string of the molecule is Cc1ccnc(-c2cc(Cc3ccnc(-c4cc(C)ccn4)c3)ccn2)c1.Cc1ccnc(-c2cc(Cc3ccnc(-c4cc(C)ccn4)c3)ccn2)c1.[Ru].[Ru].[Ru].c1cnc2c(c1)ccc1cccnc12.c1cnc2c(c1)ccc1cccnc12.c1cnc2c(c1)ccc1cccnc12.c1cnc2c(c1)ccc1cccnc12.c1cnc2c(c1)ccc1cccnc12. The zero-order chi connectivity index (χ0) is 84.2. The maximum atomic E-state index is 4.48. The summed E-state index contributed by atoms with van der Waals surface area (Å²) in [4.78, 5) is 79.2. The van der Waals surface area contributed by atoms with Crippen molar-refractivity contribution >= 4 is 109 Å². The molecule has 21 heteroatoms. The summed E-state index contributed by atoms with van der Waals surface area (Å²) in [6, 6.07) is 93.5. The van der Waals surface area contributed by atoms with Crippen LogP contribution in [0.15, 0.2) is 391 Å². The molecule has 18 heterocycles. The van der Waals surface area contributed by atoms with Gasteiger partial charge in [0.2, 0.25) is 0 Å². The average molecular weight is 1910 g/mol. The van der Waals surface area contributed by atoms with Crippen molar-refractivity contribution in [1.29, 1.82) is 0 Å². The van der Waals surface area contributed by atoms with Gasteiger partial charge < -0.3 is 0 Å². The molecular weight excluding hydrogens is 1830 g/mol. The summed E-state index contributed by atoms with van der Waals surface area (Å²) >= 11 is 0. The third-order valence-electron chi connectivity index (χ3n) is 20.5. The number of fused-ring (bicyclic) bond motifs is 15. The van der Waals surface area contributed by atoms with Crippen LogP contribution in [0.2, 0.25) is 0 Å². The Bertz CT molecular complexity index is 6450. The Morgan fingerprint density at radius 1 is 0.142 bits per heavy atom. The molecule has 0 spiro atoms. The summed E-state index contributed by atoms with van der Waals surface area (Å²) in [6.45, 7) is 8.25. The molecule has 127 heavy (non-hydrogen) atoms. The number of rotatable bonds is 8. The van der Waals surface area contributed by atoms with E-state index < -0.39 is 0 Å². The number of pyridine rings is 18. The van der Waals surface area contributed by atoms with Crippen LogP contribution in [0.4, 0.5) is 0 Å². The average Bonchev–Trinajstić information content (AvgIpc) is 0.808. The molecule has 0 amide bonds. The van der Waals surface area contributed by atoms with E-state index >= 15 is 0 Å². The molecule has 23 aromatic rings. The minimum absolute atomic E-state index is 0. The Kier molecular flexibility index (Phi) is 30.0. The van der Waals surface area contributed by atoms with E-state index in [0.717, 1.165) is 167 Å². The molecule has 18 nitrogen and oxygen atoms in total. The van der Waals surface area contributed by atoms with Crippen molar-refractivity contribution in [2.45, 2.75) is 40.5 Å². The van der Waals surface area contributed by atoms with Crippen molar-refractivity contribution in [3.63, 3.8) is 0 Å². The van der Waals surface area contributed by atoms with Crippen LogP contribution in [0.5, 0.6) is 0 Å². The van der Waals surface area contributed by atoms with Crippen LogP contribution in [-0.2, 0) is 71.3 Å². The van der Waals surface area contributed by atoms with E-state index in [-0.39, 0.29) is 58.4 Å². The number of nitrogens with zero attached hydrogens (tertiary/aromatic N) is 18. The first-order valence-electron chi connectivity index (χ1n) is 40.5. The van der Waals surface area contributed by atoms with Gasteiger partial charge in [-0.25, -0.2) is 0 Å². The number of hydrogen-bond donors (Lipinski definition) is 0. The van der Waals surface area contributed by atoms with Gasteiger partial charge in [0.1, 0.15) is 0 Å². The first-order chi connectivity index (χ1) is 61.1. The minimum atomic E-state index is 0. The van der Waals surface area contributed by atoms with E-state index in [0.29, 0.717) is 0 Å². The van der Waals surface area contributed by atoms with E-state index in [1.807, 2.05) is 159 Å². The van der Waals surface area contributed by atoms with Crippen molar-refractivity contribution in [2.24, 2.45) is 0 Å². The van der Waals surface area contributed by atoms with Crippen LogP contribution in [-0.4, -0.2) is 89.7 Å². The monoisotopic (exact) mass is 1910 g/mol. The molecule has 0 saturated carbocycles. The molecule has 0 atom stereocenters. The van der Waals surface area contributed by atoms with Crippen molar-refractivity contribution in [2.75, 3.05) is 0 Å². The Morgan fingerprint density at radius 3 is 0.417 bits per heavy atom. The molecule has 0 N–H and O–H groups in total. The second-order valence-electron chi connectivity index (χ2n) is 29.5. The van der Waals surface area contributed by atoms with E-state index in [4.69, 9.17) is 0 Å². The molecular formula is C106H80N18Ru3. The van der Waals surface area contributed by atoms with Gasteiger partial charge in [-0.2, -0.15) is 0 Å².